The number of ether oxygens (including phenoxy) is 1. The number of guanidine groups is 1. The normalized spacial score (nSPS) is 17.4. The number of hydrogen-bond donors (Lipinski definition) is 2. The molecule has 0 aromatic carbocycles. The van der Waals surface area contributed by atoms with Gasteiger partial charge < -0.3 is 20.3 Å². The van der Waals surface area contributed by atoms with Crippen LogP contribution in [-0.2, 0) is 11.3 Å². The minimum atomic E-state index is -0.483. The molecule has 0 saturated carbocycles. The lowest BCUT2D eigenvalue weighted by atomic mass is 10.2. The first-order valence-electron chi connectivity index (χ1n) is 9.28. The van der Waals surface area contributed by atoms with Crippen LogP contribution in [0.3, 0.4) is 0 Å². The Balaban J connectivity index is 0.00000364. The maximum Gasteiger partial charge on any atom is 0.407 e. The molecule has 27 heavy (non-hydrogen) atoms. The summed E-state index contributed by atoms with van der Waals surface area (Å²) in [6, 6.07) is 0.0717. The van der Waals surface area contributed by atoms with Gasteiger partial charge in [-0.25, -0.2) is 4.79 Å². The van der Waals surface area contributed by atoms with Gasteiger partial charge in [-0.2, -0.15) is 5.10 Å². The molecule has 0 radical (unpaired) electrons. The molecule has 2 N–H and O–H groups in total. The summed E-state index contributed by atoms with van der Waals surface area (Å²) in [5.74, 6) is 0.880. The van der Waals surface area contributed by atoms with Crippen molar-refractivity contribution in [2.24, 2.45) is 4.99 Å². The number of rotatable bonds is 5. The zero-order valence-corrected chi connectivity index (χ0v) is 19.3. The molecule has 1 saturated heterocycles. The van der Waals surface area contributed by atoms with Crippen LogP contribution >= 0.6 is 24.0 Å². The van der Waals surface area contributed by atoms with Gasteiger partial charge in [-0.05, 0) is 46.6 Å². The standard InChI is InChI=1S/C18H32N6O2.HI/c1-6-19-16(20-8-10-24-12-14(2)11-21-24)23-9-7-15(13-23)22-17(25)26-18(3,4)5;/h11-12,15H,6-10,13H2,1-5H3,(H,19,20)(H,22,25);1H. The molecule has 9 heteroatoms. The highest BCUT2D eigenvalue weighted by atomic mass is 127. The van der Waals surface area contributed by atoms with Crippen molar-refractivity contribution in [2.75, 3.05) is 26.2 Å². The largest absolute Gasteiger partial charge is 0.444 e. The molecule has 0 bridgehead atoms. The van der Waals surface area contributed by atoms with Crippen molar-refractivity contribution in [2.45, 2.75) is 59.2 Å². The number of alkyl carbamates (subject to hydrolysis) is 1. The van der Waals surface area contributed by atoms with Gasteiger partial charge in [0.1, 0.15) is 5.60 Å². The van der Waals surface area contributed by atoms with Crippen molar-refractivity contribution >= 4 is 36.0 Å². The first-order valence-corrected chi connectivity index (χ1v) is 9.28. The van der Waals surface area contributed by atoms with E-state index < -0.39 is 5.60 Å². The maximum atomic E-state index is 11.9. The third-order valence-corrected chi connectivity index (χ3v) is 3.90. The fraction of sp³-hybridized carbons (Fsp3) is 0.722. The highest BCUT2D eigenvalue weighted by molar-refractivity contribution is 14.0. The van der Waals surface area contributed by atoms with Crippen LogP contribution in [0, 0.1) is 6.92 Å². The van der Waals surface area contributed by atoms with E-state index in [0.29, 0.717) is 6.54 Å². The average Bonchev–Trinajstić information content (AvgIpc) is 3.13. The van der Waals surface area contributed by atoms with Crippen LogP contribution < -0.4 is 10.6 Å². The van der Waals surface area contributed by atoms with E-state index in [0.717, 1.165) is 44.1 Å². The van der Waals surface area contributed by atoms with Crippen molar-refractivity contribution in [1.82, 2.24) is 25.3 Å². The molecule has 1 aromatic rings. The molecular formula is C18H33IN6O2. The number of nitrogens with zero attached hydrogens (tertiary/aromatic N) is 4. The first-order chi connectivity index (χ1) is 12.3. The number of amides is 1. The van der Waals surface area contributed by atoms with Gasteiger partial charge in [0.2, 0.25) is 0 Å². The summed E-state index contributed by atoms with van der Waals surface area (Å²) in [4.78, 5) is 18.8. The number of aryl methyl sites for hydroxylation is 1. The molecule has 8 nitrogen and oxygen atoms in total. The van der Waals surface area contributed by atoms with E-state index in [-0.39, 0.29) is 36.1 Å². The van der Waals surface area contributed by atoms with E-state index in [1.165, 1.54) is 0 Å². The van der Waals surface area contributed by atoms with Gasteiger partial charge in [0, 0.05) is 25.8 Å². The van der Waals surface area contributed by atoms with Gasteiger partial charge in [0.05, 0.1) is 25.3 Å². The third-order valence-electron chi connectivity index (χ3n) is 3.90. The van der Waals surface area contributed by atoms with Crippen LogP contribution in [0.1, 0.15) is 39.7 Å². The quantitative estimate of drug-likeness (QED) is 0.375. The fourth-order valence-corrected chi connectivity index (χ4v) is 2.82. The van der Waals surface area contributed by atoms with Crippen LogP contribution in [0.4, 0.5) is 4.79 Å². The predicted octanol–water partition coefficient (Wildman–Crippen LogP) is 2.37. The highest BCUT2D eigenvalue weighted by Crippen LogP contribution is 2.12. The molecule has 0 spiro atoms. The summed E-state index contributed by atoms with van der Waals surface area (Å²) < 4.78 is 7.24. The Morgan fingerprint density at radius 2 is 2.19 bits per heavy atom. The second-order valence-electron chi connectivity index (χ2n) is 7.59. The maximum absolute atomic E-state index is 11.9. The van der Waals surface area contributed by atoms with E-state index in [1.54, 1.807) is 0 Å². The second-order valence-corrected chi connectivity index (χ2v) is 7.59. The van der Waals surface area contributed by atoms with Gasteiger partial charge in [0.25, 0.3) is 0 Å². The van der Waals surface area contributed by atoms with Gasteiger partial charge in [-0.1, -0.05) is 0 Å². The summed E-state index contributed by atoms with van der Waals surface area (Å²) in [6.45, 7) is 13.5. The van der Waals surface area contributed by atoms with Crippen LogP contribution in [0.15, 0.2) is 17.4 Å². The van der Waals surface area contributed by atoms with Gasteiger partial charge >= 0.3 is 6.09 Å². The molecule has 2 heterocycles. The van der Waals surface area contributed by atoms with Gasteiger partial charge in [0.15, 0.2) is 5.96 Å². The molecule has 154 valence electrons. The summed E-state index contributed by atoms with van der Waals surface area (Å²) in [5, 5.41) is 10.6. The molecule has 1 aliphatic rings. The molecule has 1 aliphatic heterocycles. The topological polar surface area (TPSA) is 83.8 Å². The second kappa shape index (κ2) is 10.7. The zero-order chi connectivity index (χ0) is 19.2. The van der Waals surface area contributed by atoms with E-state index in [1.807, 2.05) is 44.8 Å². The number of aromatic nitrogens is 2. The van der Waals surface area contributed by atoms with Gasteiger partial charge in [-0.15, -0.1) is 24.0 Å². The summed E-state index contributed by atoms with van der Waals surface area (Å²) in [7, 11) is 0. The van der Waals surface area contributed by atoms with E-state index >= 15 is 0 Å². The molecule has 1 fully saturated rings. The van der Waals surface area contributed by atoms with E-state index in [9.17, 15) is 4.79 Å². The Labute approximate surface area is 179 Å². The SMILES string of the molecule is CCNC(=NCCn1cc(C)cn1)N1CCC(NC(=O)OC(C)(C)C)C1.I. The lowest BCUT2D eigenvalue weighted by Gasteiger charge is -2.23. The molecule has 1 aromatic heterocycles. The average molecular weight is 492 g/mol. The fourth-order valence-electron chi connectivity index (χ4n) is 2.82. The first kappa shape index (κ1) is 23.5. The Bertz CT molecular complexity index is 626. The number of halogens is 1. The number of carbonyl (C=O) groups is 1. The van der Waals surface area contributed by atoms with Crippen molar-refractivity contribution in [3.05, 3.63) is 18.0 Å². The van der Waals surface area contributed by atoms with Gasteiger partial charge in [-0.3, -0.25) is 9.67 Å². The Hall–Kier alpha value is -1.52. The van der Waals surface area contributed by atoms with Crippen LogP contribution in [0.5, 0.6) is 0 Å². The molecular weight excluding hydrogens is 459 g/mol. The highest BCUT2D eigenvalue weighted by Gasteiger charge is 2.27. The van der Waals surface area contributed by atoms with Crippen molar-refractivity contribution in [3.8, 4) is 0 Å². The van der Waals surface area contributed by atoms with Crippen LogP contribution in [0.25, 0.3) is 0 Å². The lowest BCUT2D eigenvalue weighted by Crippen LogP contribution is -2.44. The minimum Gasteiger partial charge on any atom is -0.444 e. The monoisotopic (exact) mass is 492 g/mol. The number of likely N-dealkylation sites (tertiary alicyclic amines) is 1. The smallest absolute Gasteiger partial charge is 0.407 e. The van der Waals surface area contributed by atoms with Crippen molar-refractivity contribution in [3.63, 3.8) is 0 Å². The summed E-state index contributed by atoms with van der Waals surface area (Å²) >= 11 is 0. The van der Waals surface area contributed by atoms with E-state index in [2.05, 4.69) is 27.6 Å². The summed E-state index contributed by atoms with van der Waals surface area (Å²) in [5.41, 5.74) is 0.667. The Morgan fingerprint density at radius 3 is 2.78 bits per heavy atom. The molecule has 0 aliphatic carbocycles. The molecule has 2 rings (SSSR count). The zero-order valence-electron chi connectivity index (χ0n) is 17.0. The number of nitrogens with one attached hydrogen (secondary N) is 2. The predicted molar refractivity (Wildman–Crippen MR) is 118 cm³/mol. The Kier molecular flexibility index (Phi) is 9.34. The number of hydrogen-bond acceptors (Lipinski definition) is 4. The van der Waals surface area contributed by atoms with Crippen LogP contribution in [-0.4, -0.2) is 64.6 Å². The molecule has 1 amide bonds. The Morgan fingerprint density at radius 1 is 1.44 bits per heavy atom. The number of aliphatic imine (C=N–C) groups is 1. The van der Waals surface area contributed by atoms with E-state index in [4.69, 9.17) is 9.73 Å². The lowest BCUT2D eigenvalue weighted by molar-refractivity contribution is 0.0507. The van der Waals surface area contributed by atoms with Crippen molar-refractivity contribution < 1.29 is 9.53 Å². The summed E-state index contributed by atoms with van der Waals surface area (Å²) in [6.07, 6.45) is 4.38. The van der Waals surface area contributed by atoms with Crippen molar-refractivity contribution in [1.29, 1.82) is 0 Å². The number of carbonyl (C=O) groups excluding carboxylic acids is 1. The molecule has 1 unspecified atom stereocenters. The molecule has 1 atom stereocenters. The minimum absolute atomic E-state index is 0. The third kappa shape index (κ3) is 8.35. The van der Waals surface area contributed by atoms with Crippen LogP contribution in [0.2, 0.25) is 0 Å².